The van der Waals surface area contributed by atoms with E-state index in [1.165, 1.54) is 35.2 Å². The number of nitrogens with zero attached hydrogens (tertiary/aromatic N) is 1. The zero-order valence-electron chi connectivity index (χ0n) is 18.7. The molecule has 0 aliphatic heterocycles. The molecule has 1 atom stereocenters. The summed E-state index contributed by atoms with van der Waals surface area (Å²) in [6, 6.07) is 21.1. The number of carbonyl (C=O) groups is 3. The predicted octanol–water partition coefficient (Wildman–Crippen LogP) is 4.27. The molecule has 2 amide bonds. The van der Waals surface area contributed by atoms with Crippen LogP contribution in [0.15, 0.2) is 78.9 Å². The van der Waals surface area contributed by atoms with Gasteiger partial charge in [-0.2, -0.15) is 0 Å². The van der Waals surface area contributed by atoms with Crippen LogP contribution in [0.25, 0.3) is 0 Å². The lowest BCUT2D eigenvalue weighted by molar-refractivity contribution is -0.130. The highest BCUT2D eigenvalue weighted by molar-refractivity contribution is 6.05. The van der Waals surface area contributed by atoms with Crippen molar-refractivity contribution in [3.63, 3.8) is 0 Å². The second-order valence-corrected chi connectivity index (χ2v) is 8.31. The second-order valence-electron chi connectivity index (χ2n) is 8.31. The molecule has 0 heterocycles. The summed E-state index contributed by atoms with van der Waals surface area (Å²) in [7, 11) is 1.65. The Morgan fingerprint density at radius 1 is 0.941 bits per heavy atom. The third-order valence-corrected chi connectivity index (χ3v) is 5.55. The van der Waals surface area contributed by atoms with Crippen molar-refractivity contribution in [2.45, 2.75) is 31.5 Å². The Bertz CT molecular complexity index is 1180. The van der Waals surface area contributed by atoms with E-state index in [9.17, 15) is 18.8 Å². The number of amides is 2. The Morgan fingerprint density at radius 2 is 1.56 bits per heavy atom. The quantitative estimate of drug-likeness (QED) is 0.510. The standard InChI is InChI=1S/C27H25FN2O4/c1-30(17-18-7-3-2-4-8-18)26(32)22-9-5-6-10-23(22)27(33)34-24(25(31)29-21-15-16-21)19-11-13-20(28)14-12-19/h2-14,21,24H,15-17H2,1H3,(H,29,31). The van der Waals surface area contributed by atoms with Crippen LogP contribution in [-0.4, -0.2) is 35.8 Å². The lowest BCUT2D eigenvalue weighted by Crippen LogP contribution is -2.34. The number of rotatable bonds is 8. The first-order valence-electron chi connectivity index (χ1n) is 11.1. The van der Waals surface area contributed by atoms with Crippen LogP contribution in [0.3, 0.4) is 0 Å². The summed E-state index contributed by atoms with van der Waals surface area (Å²) in [4.78, 5) is 40.6. The fraction of sp³-hybridized carbons (Fsp3) is 0.222. The first-order chi connectivity index (χ1) is 16.4. The van der Waals surface area contributed by atoms with Gasteiger partial charge in [0.1, 0.15) is 5.82 Å². The smallest absolute Gasteiger partial charge is 0.340 e. The van der Waals surface area contributed by atoms with Crippen LogP contribution in [0, 0.1) is 5.82 Å². The lowest BCUT2D eigenvalue weighted by atomic mass is 10.1. The lowest BCUT2D eigenvalue weighted by Gasteiger charge is -2.21. The summed E-state index contributed by atoms with van der Waals surface area (Å²) < 4.78 is 19.0. The van der Waals surface area contributed by atoms with Crippen molar-refractivity contribution in [1.29, 1.82) is 0 Å². The SMILES string of the molecule is CN(Cc1ccccc1)C(=O)c1ccccc1C(=O)OC(C(=O)NC1CC1)c1ccc(F)cc1. The number of nitrogens with one attached hydrogen (secondary N) is 1. The van der Waals surface area contributed by atoms with Crippen molar-refractivity contribution in [2.24, 2.45) is 0 Å². The number of hydrogen-bond donors (Lipinski definition) is 1. The molecule has 0 spiro atoms. The van der Waals surface area contributed by atoms with Crippen molar-refractivity contribution in [2.75, 3.05) is 7.05 Å². The van der Waals surface area contributed by atoms with E-state index in [-0.39, 0.29) is 23.1 Å². The van der Waals surface area contributed by atoms with E-state index in [0.29, 0.717) is 12.1 Å². The van der Waals surface area contributed by atoms with Crippen LogP contribution in [0.1, 0.15) is 50.8 Å². The minimum atomic E-state index is -1.26. The molecule has 1 unspecified atom stereocenters. The van der Waals surface area contributed by atoms with E-state index in [2.05, 4.69) is 5.32 Å². The average molecular weight is 461 g/mol. The van der Waals surface area contributed by atoms with Crippen LogP contribution in [0.5, 0.6) is 0 Å². The van der Waals surface area contributed by atoms with E-state index < -0.39 is 23.8 Å². The molecule has 6 nitrogen and oxygen atoms in total. The summed E-state index contributed by atoms with van der Waals surface area (Å²) >= 11 is 0. The molecule has 0 aromatic heterocycles. The summed E-state index contributed by atoms with van der Waals surface area (Å²) in [5, 5.41) is 2.82. The Balaban J connectivity index is 1.55. The van der Waals surface area contributed by atoms with Gasteiger partial charge in [-0.05, 0) is 42.7 Å². The maximum absolute atomic E-state index is 13.4. The third-order valence-electron chi connectivity index (χ3n) is 5.55. The summed E-state index contributed by atoms with van der Waals surface area (Å²) in [5.74, 6) is -2.10. The fourth-order valence-corrected chi connectivity index (χ4v) is 3.57. The van der Waals surface area contributed by atoms with Crippen LogP contribution < -0.4 is 5.32 Å². The zero-order chi connectivity index (χ0) is 24.1. The summed E-state index contributed by atoms with van der Waals surface area (Å²) in [6.45, 7) is 0.366. The van der Waals surface area contributed by atoms with Crippen molar-refractivity contribution in [3.8, 4) is 0 Å². The second kappa shape index (κ2) is 10.3. The van der Waals surface area contributed by atoms with Gasteiger partial charge in [0, 0.05) is 25.2 Å². The molecule has 1 N–H and O–H groups in total. The Hall–Kier alpha value is -4.00. The molecule has 1 aliphatic carbocycles. The van der Waals surface area contributed by atoms with Gasteiger partial charge in [-0.1, -0.05) is 54.6 Å². The van der Waals surface area contributed by atoms with Gasteiger partial charge in [0.05, 0.1) is 11.1 Å². The fourth-order valence-electron chi connectivity index (χ4n) is 3.57. The van der Waals surface area contributed by atoms with Crippen LogP contribution >= 0.6 is 0 Å². The average Bonchev–Trinajstić information content (AvgIpc) is 3.67. The number of hydrogen-bond acceptors (Lipinski definition) is 4. The van der Waals surface area contributed by atoms with E-state index in [1.54, 1.807) is 25.2 Å². The Labute approximate surface area is 197 Å². The number of benzene rings is 3. The predicted molar refractivity (Wildman–Crippen MR) is 124 cm³/mol. The molecule has 1 saturated carbocycles. The molecule has 174 valence electrons. The molecule has 0 radical (unpaired) electrons. The van der Waals surface area contributed by atoms with Crippen molar-refractivity contribution < 1.29 is 23.5 Å². The maximum Gasteiger partial charge on any atom is 0.340 e. The topological polar surface area (TPSA) is 75.7 Å². The highest BCUT2D eigenvalue weighted by Crippen LogP contribution is 2.25. The van der Waals surface area contributed by atoms with Gasteiger partial charge in [0.25, 0.3) is 11.8 Å². The number of esters is 1. The van der Waals surface area contributed by atoms with Crippen LogP contribution in [-0.2, 0) is 16.1 Å². The molecular weight excluding hydrogens is 435 g/mol. The van der Waals surface area contributed by atoms with Gasteiger partial charge in [-0.25, -0.2) is 9.18 Å². The molecule has 1 aliphatic rings. The highest BCUT2D eigenvalue weighted by atomic mass is 19.1. The van der Waals surface area contributed by atoms with Gasteiger partial charge < -0.3 is 15.0 Å². The molecule has 7 heteroatoms. The van der Waals surface area contributed by atoms with Gasteiger partial charge in [-0.3, -0.25) is 9.59 Å². The molecule has 3 aromatic carbocycles. The molecule has 1 fully saturated rings. The zero-order valence-corrected chi connectivity index (χ0v) is 18.7. The van der Waals surface area contributed by atoms with E-state index in [4.69, 9.17) is 4.74 Å². The monoisotopic (exact) mass is 460 g/mol. The van der Waals surface area contributed by atoms with Crippen molar-refractivity contribution in [1.82, 2.24) is 10.2 Å². The number of ether oxygens (including phenoxy) is 1. The van der Waals surface area contributed by atoms with Gasteiger partial charge in [0.2, 0.25) is 6.10 Å². The van der Waals surface area contributed by atoms with E-state index in [0.717, 1.165) is 18.4 Å². The Kier molecular flexibility index (Phi) is 7.01. The third kappa shape index (κ3) is 5.67. The number of carbonyl (C=O) groups excluding carboxylic acids is 3. The number of halogens is 1. The van der Waals surface area contributed by atoms with Gasteiger partial charge in [0.15, 0.2) is 0 Å². The molecule has 3 aromatic rings. The van der Waals surface area contributed by atoms with Crippen LogP contribution in [0.2, 0.25) is 0 Å². The minimum absolute atomic E-state index is 0.0506. The maximum atomic E-state index is 13.4. The highest BCUT2D eigenvalue weighted by Gasteiger charge is 2.32. The van der Waals surface area contributed by atoms with Crippen molar-refractivity contribution in [3.05, 3.63) is 107 Å². The minimum Gasteiger partial charge on any atom is -0.444 e. The van der Waals surface area contributed by atoms with E-state index >= 15 is 0 Å². The van der Waals surface area contributed by atoms with E-state index in [1.807, 2.05) is 30.3 Å². The molecule has 0 bridgehead atoms. The molecule has 4 rings (SSSR count). The normalized spacial score (nSPS) is 13.6. The van der Waals surface area contributed by atoms with Gasteiger partial charge in [-0.15, -0.1) is 0 Å². The van der Waals surface area contributed by atoms with Crippen molar-refractivity contribution >= 4 is 17.8 Å². The summed E-state index contributed by atoms with van der Waals surface area (Å²) in [6.07, 6.45) is 0.459. The largest absolute Gasteiger partial charge is 0.444 e. The first-order valence-corrected chi connectivity index (χ1v) is 11.1. The van der Waals surface area contributed by atoms with Crippen LogP contribution in [0.4, 0.5) is 4.39 Å². The molecular formula is C27H25FN2O4. The Morgan fingerprint density at radius 3 is 2.21 bits per heavy atom. The summed E-state index contributed by atoms with van der Waals surface area (Å²) in [5.41, 5.74) is 1.52. The first kappa shape index (κ1) is 23.2. The molecule has 34 heavy (non-hydrogen) atoms. The van der Waals surface area contributed by atoms with Gasteiger partial charge >= 0.3 is 5.97 Å². The molecule has 0 saturated heterocycles.